The zero-order valence-electron chi connectivity index (χ0n) is 9.28. The minimum absolute atomic E-state index is 0. The summed E-state index contributed by atoms with van der Waals surface area (Å²) in [6, 6.07) is 4.07. The second-order valence-corrected chi connectivity index (χ2v) is 5.19. The highest BCUT2D eigenvalue weighted by Crippen LogP contribution is 2.09. The molecule has 0 fully saturated rings. The number of halogens is 1. The molecule has 0 bridgehead atoms. The van der Waals surface area contributed by atoms with E-state index < -0.39 is 0 Å². The van der Waals surface area contributed by atoms with E-state index in [4.69, 9.17) is 5.73 Å². The first-order valence-corrected chi connectivity index (χ1v) is 5.46. The third-order valence-corrected chi connectivity index (χ3v) is 2.35. The van der Waals surface area contributed by atoms with E-state index in [1.165, 1.54) is 4.88 Å². The van der Waals surface area contributed by atoms with Gasteiger partial charge in [-0.3, -0.25) is 0 Å². The minimum Gasteiger partial charge on any atom is -0.370 e. The Kier molecular flexibility index (Phi) is 6.19. The molecule has 0 aliphatic heterocycles. The Bertz CT molecular complexity index is 301. The lowest BCUT2D eigenvalue weighted by molar-refractivity contribution is 0.508. The molecule has 15 heavy (non-hydrogen) atoms. The van der Waals surface area contributed by atoms with Crippen LogP contribution in [0.3, 0.4) is 0 Å². The average Bonchev–Trinajstić information content (AvgIpc) is 2.49. The molecule has 0 radical (unpaired) electrons. The van der Waals surface area contributed by atoms with Gasteiger partial charge in [0, 0.05) is 10.4 Å². The van der Waals surface area contributed by atoms with E-state index in [2.05, 4.69) is 37.1 Å². The first-order chi connectivity index (χ1) is 6.47. The molecular formula is C10H18IN3S. The smallest absolute Gasteiger partial charge is 0.189 e. The van der Waals surface area contributed by atoms with E-state index in [0.717, 1.165) is 0 Å². The Hall–Kier alpha value is -0.300. The van der Waals surface area contributed by atoms with Gasteiger partial charge < -0.3 is 11.1 Å². The SMILES string of the molecule is CC(C)(C)NC(N)=NCc1cccs1.I. The van der Waals surface area contributed by atoms with Crippen LogP contribution in [-0.4, -0.2) is 11.5 Å². The number of nitrogens with two attached hydrogens (primary N) is 1. The minimum atomic E-state index is -0.0248. The second kappa shape index (κ2) is 6.32. The predicted octanol–water partition coefficient (Wildman–Crippen LogP) is 2.57. The molecule has 0 saturated carbocycles. The van der Waals surface area contributed by atoms with Crippen LogP contribution in [0.2, 0.25) is 0 Å². The molecule has 0 saturated heterocycles. The Balaban J connectivity index is 0.00000196. The van der Waals surface area contributed by atoms with Crippen molar-refractivity contribution >= 4 is 41.3 Å². The van der Waals surface area contributed by atoms with Gasteiger partial charge in [0.1, 0.15) is 0 Å². The maximum Gasteiger partial charge on any atom is 0.189 e. The molecule has 0 amide bonds. The lowest BCUT2D eigenvalue weighted by Crippen LogP contribution is -2.44. The Labute approximate surface area is 112 Å². The summed E-state index contributed by atoms with van der Waals surface area (Å²) in [6.45, 7) is 6.83. The summed E-state index contributed by atoms with van der Waals surface area (Å²) in [5, 5.41) is 5.15. The monoisotopic (exact) mass is 339 g/mol. The number of thiophene rings is 1. The molecule has 0 aliphatic rings. The molecular weight excluding hydrogens is 321 g/mol. The Morgan fingerprint density at radius 1 is 1.53 bits per heavy atom. The number of guanidine groups is 1. The fraction of sp³-hybridized carbons (Fsp3) is 0.500. The van der Waals surface area contributed by atoms with Crippen molar-refractivity contribution in [3.05, 3.63) is 22.4 Å². The Morgan fingerprint density at radius 3 is 2.67 bits per heavy atom. The first kappa shape index (κ1) is 14.7. The van der Waals surface area contributed by atoms with E-state index >= 15 is 0 Å². The van der Waals surface area contributed by atoms with Crippen LogP contribution in [0.4, 0.5) is 0 Å². The molecule has 5 heteroatoms. The first-order valence-electron chi connectivity index (χ1n) is 4.58. The van der Waals surface area contributed by atoms with Crippen molar-refractivity contribution in [2.45, 2.75) is 32.9 Å². The standard InChI is InChI=1S/C10H17N3S.HI/c1-10(2,3)13-9(11)12-7-8-5-4-6-14-8;/h4-6H,7H2,1-3H3,(H3,11,12,13);1H. The van der Waals surface area contributed by atoms with Crippen molar-refractivity contribution in [2.24, 2.45) is 10.7 Å². The normalized spacial score (nSPS) is 12.1. The summed E-state index contributed by atoms with van der Waals surface area (Å²) in [5.41, 5.74) is 5.70. The van der Waals surface area contributed by atoms with E-state index in [9.17, 15) is 0 Å². The summed E-state index contributed by atoms with van der Waals surface area (Å²) in [6.07, 6.45) is 0. The van der Waals surface area contributed by atoms with Crippen LogP contribution in [0.5, 0.6) is 0 Å². The molecule has 3 nitrogen and oxygen atoms in total. The van der Waals surface area contributed by atoms with Crippen molar-refractivity contribution < 1.29 is 0 Å². The van der Waals surface area contributed by atoms with Crippen LogP contribution in [0, 0.1) is 0 Å². The van der Waals surface area contributed by atoms with Crippen molar-refractivity contribution in [3.63, 3.8) is 0 Å². The van der Waals surface area contributed by atoms with Gasteiger partial charge in [0.25, 0.3) is 0 Å². The van der Waals surface area contributed by atoms with Crippen LogP contribution in [0.1, 0.15) is 25.6 Å². The number of rotatable bonds is 2. The molecule has 0 aliphatic carbocycles. The summed E-state index contributed by atoms with van der Waals surface area (Å²) < 4.78 is 0. The van der Waals surface area contributed by atoms with Gasteiger partial charge in [0.05, 0.1) is 6.54 Å². The van der Waals surface area contributed by atoms with Crippen molar-refractivity contribution in [1.29, 1.82) is 0 Å². The molecule has 0 atom stereocenters. The summed E-state index contributed by atoms with van der Waals surface area (Å²) in [7, 11) is 0. The molecule has 1 rings (SSSR count). The third-order valence-electron chi connectivity index (χ3n) is 1.49. The van der Waals surface area contributed by atoms with Crippen LogP contribution in [-0.2, 0) is 6.54 Å². The van der Waals surface area contributed by atoms with Crippen LogP contribution < -0.4 is 11.1 Å². The highest BCUT2D eigenvalue weighted by molar-refractivity contribution is 14.0. The molecule has 1 aromatic rings. The highest BCUT2D eigenvalue weighted by atomic mass is 127. The van der Waals surface area contributed by atoms with Crippen molar-refractivity contribution in [1.82, 2.24) is 5.32 Å². The third kappa shape index (κ3) is 6.72. The van der Waals surface area contributed by atoms with Crippen LogP contribution >= 0.6 is 35.3 Å². The summed E-state index contributed by atoms with van der Waals surface area (Å²) >= 11 is 1.69. The average molecular weight is 339 g/mol. The predicted molar refractivity (Wildman–Crippen MR) is 77.9 cm³/mol. The van der Waals surface area contributed by atoms with Gasteiger partial charge in [0.15, 0.2) is 5.96 Å². The van der Waals surface area contributed by atoms with Crippen molar-refractivity contribution in [2.75, 3.05) is 0 Å². The molecule has 0 aromatic carbocycles. The van der Waals surface area contributed by atoms with Crippen molar-refractivity contribution in [3.8, 4) is 0 Å². The molecule has 86 valence electrons. The van der Waals surface area contributed by atoms with Crippen LogP contribution in [0.15, 0.2) is 22.5 Å². The zero-order chi connectivity index (χ0) is 10.6. The van der Waals surface area contributed by atoms with E-state index in [-0.39, 0.29) is 29.5 Å². The van der Waals surface area contributed by atoms with Gasteiger partial charge >= 0.3 is 0 Å². The van der Waals surface area contributed by atoms with Gasteiger partial charge in [0.2, 0.25) is 0 Å². The van der Waals surface area contributed by atoms with Gasteiger partial charge in [-0.2, -0.15) is 0 Å². The number of hydrogen-bond acceptors (Lipinski definition) is 2. The van der Waals surface area contributed by atoms with Gasteiger partial charge in [-0.25, -0.2) is 4.99 Å². The fourth-order valence-electron chi connectivity index (χ4n) is 0.989. The van der Waals surface area contributed by atoms with Gasteiger partial charge in [-0.15, -0.1) is 35.3 Å². The highest BCUT2D eigenvalue weighted by Gasteiger charge is 2.09. The molecule has 1 heterocycles. The molecule has 1 aromatic heterocycles. The second-order valence-electron chi connectivity index (χ2n) is 4.16. The Morgan fingerprint density at radius 2 is 2.20 bits per heavy atom. The van der Waals surface area contributed by atoms with Crippen LogP contribution in [0.25, 0.3) is 0 Å². The maximum absolute atomic E-state index is 5.72. The van der Waals surface area contributed by atoms with Gasteiger partial charge in [-0.05, 0) is 32.2 Å². The fourth-order valence-corrected chi connectivity index (χ4v) is 1.62. The number of aliphatic imine (C=N–C) groups is 1. The molecule has 3 N–H and O–H groups in total. The molecule has 0 spiro atoms. The lowest BCUT2D eigenvalue weighted by Gasteiger charge is -2.20. The number of nitrogens with zero attached hydrogens (tertiary/aromatic N) is 1. The van der Waals surface area contributed by atoms with Gasteiger partial charge in [-0.1, -0.05) is 6.07 Å². The number of nitrogens with one attached hydrogen (secondary N) is 1. The lowest BCUT2D eigenvalue weighted by atomic mass is 10.1. The van der Waals surface area contributed by atoms with E-state index in [1.807, 2.05) is 11.4 Å². The summed E-state index contributed by atoms with van der Waals surface area (Å²) in [4.78, 5) is 5.47. The maximum atomic E-state index is 5.72. The molecule has 0 unspecified atom stereocenters. The summed E-state index contributed by atoms with van der Waals surface area (Å²) in [5.74, 6) is 0.505. The van der Waals surface area contributed by atoms with E-state index in [0.29, 0.717) is 12.5 Å². The topological polar surface area (TPSA) is 50.4 Å². The van der Waals surface area contributed by atoms with E-state index in [1.54, 1.807) is 11.3 Å². The zero-order valence-corrected chi connectivity index (χ0v) is 12.4. The number of hydrogen-bond donors (Lipinski definition) is 2. The quantitative estimate of drug-likeness (QED) is 0.494. The largest absolute Gasteiger partial charge is 0.370 e.